The number of halogens is 1. The summed E-state index contributed by atoms with van der Waals surface area (Å²) in [5.41, 5.74) is 2.64. The van der Waals surface area contributed by atoms with E-state index in [1.165, 1.54) is 0 Å². The number of aromatic carboxylic acids is 1. The first kappa shape index (κ1) is 13.2. The van der Waals surface area contributed by atoms with E-state index in [2.05, 4.69) is 26.2 Å². The van der Waals surface area contributed by atoms with Gasteiger partial charge in [-0.15, -0.1) is 0 Å². The van der Waals surface area contributed by atoms with E-state index < -0.39 is 5.97 Å². The second-order valence-corrected chi connectivity index (χ2v) is 5.74. The Labute approximate surface area is 124 Å². The molecule has 0 saturated heterocycles. The van der Waals surface area contributed by atoms with Gasteiger partial charge in [-0.3, -0.25) is 0 Å². The Hall–Kier alpha value is -1.82. The third-order valence-electron chi connectivity index (χ3n) is 3.47. The molecule has 104 valence electrons. The molecular weight excluding hydrogens is 322 g/mol. The number of carbonyl (C=O) groups is 1. The highest BCUT2D eigenvalue weighted by atomic mass is 79.9. The Morgan fingerprint density at radius 2 is 2.30 bits per heavy atom. The number of fused-ring (bicyclic) bond motifs is 1. The molecular formula is C14H14BrN3O2. The fraction of sp³-hybridized carbons (Fsp3) is 0.286. The zero-order valence-corrected chi connectivity index (χ0v) is 12.6. The number of carboxylic acid groups (broad SMARTS) is 1. The van der Waals surface area contributed by atoms with Crippen LogP contribution in [-0.4, -0.2) is 27.2 Å². The van der Waals surface area contributed by atoms with Gasteiger partial charge in [0.1, 0.15) is 5.69 Å². The molecule has 20 heavy (non-hydrogen) atoms. The lowest BCUT2D eigenvalue weighted by Crippen LogP contribution is -2.20. The number of aromatic nitrogens is 2. The first-order chi connectivity index (χ1) is 9.58. The predicted molar refractivity (Wildman–Crippen MR) is 80.2 cm³/mol. The minimum absolute atomic E-state index is 0.258. The molecule has 0 aliphatic carbocycles. The summed E-state index contributed by atoms with van der Waals surface area (Å²) in [6.45, 7) is 3.47. The molecule has 0 spiro atoms. The highest BCUT2D eigenvalue weighted by Crippen LogP contribution is 2.32. The maximum Gasteiger partial charge on any atom is 0.354 e. The van der Waals surface area contributed by atoms with Gasteiger partial charge < -0.3 is 15.0 Å². The predicted octanol–water partition coefficient (Wildman–Crippen LogP) is 3.13. The molecule has 0 saturated carbocycles. The van der Waals surface area contributed by atoms with E-state index in [0.717, 1.165) is 28.6 Å². The summed E-state index contributed by atoms with van der Waals surface area (Å²) in [4.78, 5) is 16.1. The number of nitrogens with one attached hydrogen (secondary N) is 1. The van der Waals surface area contributed by atoms with Crippen LogP contribution in [0.4, 0.5) is 5.95 Å². The molecule has 1 aliphatic rings. The maximum absolute atomic E-state index is 11.6. The number of hydrogen-bond donors (Lipinski definition) is 2. The lowest BCUT2D eigenvalue weighted by molar-refractivity contribution is 0.0686. The van der Waals surface area contributed by atoms with E-state index >= 15 is 0 Å². The minimum Gasteiger partial charge on any atom is -0.477 e. The van der Waals surface area contributed by atoms with E-state index in [4.69, 9.17) is 0 Å². The van der Waals surface area contributed by atoms with E-state index in [1.54, 1.807) is 4.57 Å². The van der Waals surface area contributed by atoms with Crippen LogP contribution >= 0.6 is 15.9 Å². The third kappa shape index (κ3) is 2.10. The van der Waals surface area contributed by atoms with Crippen molar-refractivity contribution in [3.8, 4) is 11.3 Å². The standard InChI is InChI=1S/C14H14BrN3O2/c1-8-3-4-9(15)7-10(8)11-12(13(19)20)18-6-2-5-16-14(18)17-11/h3-4,7H,2,5-6H2,1H3,(H,16,17)(H,19,20). The number of benzene rings is 1. The Bertz CT molecular complexity index is 694. The fourth-order valence-corrected chi connectivity index (χ4v) is 2.86. The van der Waals surface area contributed by atoms with Crippen molar-refractivity contribution in [3.05, 3.63) is 33.9 Å². The van der Waals surface area contributed by atoms with Crippen LogP contribution in [0.1, 0.15) is 22.5 Å². The molecule has 2 heterocycles. The lowest BCUT2D eigenvalue weighted by Gasteiger charge is -2.16. The van der Waals surface area contributed by atoms with Crippen molar-refractivity contribution in [1.82, 2.24) is 9.55 Å². The van der Waals surface area contributed by atoms with Crippen molar-refractivity contribution in [1.29, 1.82) is 0 Å². The summed E-state index contributed by atoms with van der Waals surface area (Å²) in [5.74, 6) is -0.301. The number of aryl methyl sites for hydroxylation is 1. The SMILES string of the molecule is Cc1ccc(Br)cc1-c1nc2n(c1C(=O)O)CCCN2. The Balaban J connectivity index is 2.25. The topological polar surface area (TPSA) is 67.2 Å². The van der Waals surface area contributed by atoms with Gasteiger partial charge >= 0.3 is 5.97 Å². The van der Waals surface area contributed by atoms with Gasteiger partial charge in [0.2, 0.25) is 5.95 Å². The van der Waals surface area contributed by atoms with Crippen molar-refractivity contribution >= 4 is 27.8 Å². The van der Waals surface area contributed by atoms with Gasteiger partial charge in [-0.25, -0.2) is 9.78 Å². The monoisotopic (exact) mass is 335 g/mol. The molecule has 5 nitrogen and oxygen atoms in total. The quantitative estimate of drug-likeness (QED) is 0.884. The molecule has 1 aromatic heterocycles. The van der Waals surface area contributed by atoms with Crippen molar-refractivity contribution in [2.45, 2.75) is 19.9 Å². The van der Waals surface area contributed by atoms with Crippen LogP contribution in [0, 0.1) is 6.92 Å². The molecule has 2 N–H and O–H groups in total. The Morgan fingerprint density at radius 3 is 3.05 bits per heavy atom. The third-order valence-corrected chi connectivity index (χ3v) is 3.96. The van der Waals surface area contributed by atoms with Gasteiger partial charge in [0.05, 0.1) is 0 Å². The summed E-state index contributed by atoms with van der Waals surface area (Å²) in [6, 6.07) is 5.81. The van der Waals surface area contributed by atoms with Gasteiger partial charge in [0.15, 0.2) is 5.69 Å². The lowest BCUT2D eigenvalue weighted by atomic mass is 10.0. The number of rotatable bonds is 2. The summed E-state index contributed by atoms with van der Waals surface area (Å²) >= 11 is 3.43. The van der Waals surface area contributed by atoms with Crippen molar-refractivity contribution in [3.63, 3.8) is 0 Å². The van der Waals surface area contributed by atoms with E-state index in [9.17, 15) is 9.90 Å². The molecule has 0 radical (unpaired) electrons. The zero-order chi connectivity index (χ0) is 14.3. The van der Waals surface area contributed by atoms with Crippen LogP contribution in [0.25, 0.3) is 11.3 Å². The minimum atomic E-state index is -0.943. The van der Waals surface area contributed by atoms with Gasteiger partial charge in [-0.2, -0.15) is 0 Å². The van der Waals surface area contributed by atoms with Gasteiger partial charge in [-0.1, -0.05) is 22.0 Å². The molecule has 2 aromatic rings. The molecule has 0 fully saturated rings. The van der Waals surface area contributed by atoms with Crippen molar-refractivity contribution in [2.24, 2.45) is 0 Å². The molecule has 0 bridgehead atoms. The van der Waals surface area contributed by atoms with Crippen LogP contribution in [-0.2, 0) is 6.54 Å². The Morgan fingerprint density at radius 1 is 1.50 bits per heavy atom. The van der Waals surface area contributed by atoms with Crippen LogP contribution < -0.4 is 5.32 Å². The van der Waals surface area contributed by atoms with Crippen LogP contribution in [0.15, 0.2) is 22.7 Å². The van der Waals surface area contributed by atoms with Crippen molar-refractivity contribution < 1.29 is 9.90 Å². The number of anilines is 1. The van der Waals surface area contributed by atoms with Gasteiger partial charge in [-0.05, 0) is 31.0 Å². The first-order valence-corrected chi connectivity index (χ1v) is 7.21. The summed E-state index contributed by atoms with van der Waals surface area (Å²) in [7, 11) is 0. The van der Waals surface area contributed by atoms with E-state index in [-0.39, 0.29) is 5.69 Å². The summed E-state index contributed by atoms with van der Waals surface area (Å²) < 4.78 is 2.66. The van der Waals surface area contributed by atoms with E-state index in [1.807, 2.05) is 25.1 Å². The first-order valence-electron chi connectivity index (χ1n) is 6.42. The van der Waals surface area contributed by atoms with E-state index in [0.29, 0.717) is 18.2 Å². The average molecular weight is 336 g/mol. The van der Waals surface area contributed by atoms with Crippen LogP contribution in [0.2, 0.25) is 0 Å². The van der Waals surface area contributed by atoms with Crippen molar-refractivity contribution in [2.75, 3.05) is 11.9 Å². The Kier molecular flexibility index (Phi) is 3.25. The molecule has 6 heteroatoms. The molecule has 3 rings (SSSR count). The number of imidazole rings is 1. The van der Waals surface area contributed by atoms with Gasteiger partial charge in [0.25, 0.3) is 0 Å². The normalized spacial score (nSPS) is 13.7. The molecule has 0 atom stereocenters. The highest BCUT2D eigenvalue weighted by molar-refractivity contribution is 9.10. The van der Waals surface area contributed by atoms with Crippen LogP contribution in [0.5, 0.6) is 0 Å². The van der Waals surface area contributed by atoms with Gasteiger partial charge in [0, 0.05) is 23.1 Å². The second kappa shape index (κ2) is 4.94. The molecule has 0 unspecified atom stereocenters. The number of carboxylic acids is 1. The largest absolute Gasteiger partial charge is 0.477 e. The average Bonchev–Trinajstić information content (AvgIpc) is 2.80. The second-order valence-electron chi connectivity index (χ2n) is 4.83. The highest BCUT2D eigenvalue weighted by Gasteiger charge is 2.26. The molecule has 0 amide bonds. The number of hydrogen-bond acceptors (Lipinski definition) is 3. The molecule has 1 aromatic carbocycles. The molecule has 1 aliphatic heterocycles. The van der Waals surface area contributed by atoms with Crippen LogP contribution in [0.3, 0.4) is 0 Å². The zero-order valence-electron chi connectivity index (χ0n) is 11.0. The maximum atomic E-state index is 11.6. The summed E-state index contributed by atoms with van der Waals surface area (Å²) in [5, 5.41) is 12.7. The summed E-state index contributed by atoms with van der Waals surface area (Å²) in [6.07, 6.45) is 0.903. The smallest absolute Gasteiger partial charge is 0.354 e. The number of nitrogens with zero attached hydrogens (tertiary/aromatic N) is 2. The fourth-order valence-electron chi connectivity index (χ4n) is 2.50.